The van der Waals surface area contributed by atoms with Gasteiger partial charge in [-0.3, -0.25) is 0 Å². The van der Waals surface area contributed by atoms with E-state index < -0.39 is 0 Å². The molecule has 25 heavy (non-hydrogen) atoms. The number of carbonyl (C=O) groups is 1. The highest BCUT2D eigenvalue weighted by Crippen LogP contribution is 2.45. The predicted molar refractivity (Wildman–Crippen MR) is 111 cm³/mol. The summed E-state index contributed by atoms with van der Waals surface area (Å²) in [7, 11) is 0. The molecule has 1 saturated heterocycles. The normalized spacial score (nSPS) is 20.5. The van der Waals surface area contributed by atoms with Crippen LogP contribution in [0.25, 0.3) is 0 Å². The van der Waals surface area contributed by atoms with Gasteiger partial charge in [0, 0.05) is 28.6 Å². The van der Waals surface area contributed by atoms with Crippen LogP contribution in [0.3, 0.4) is 0 Å². The molecule has 132 valence electrons. The molecular formula is C19H22N2OS3. The van der Waals surface area contributed by atoms with Gasteiger partial charge >= 0.3 is 6.03 Å². The molecule has 0 saturated carbocycles. The van der Waals surface area contributed by atoms with Crippen molar-refractivity contribution in [3.63, 3.8) is 0 Å². The molecule has 0 aliphatic carbocycles. The first kappa shape index (κ1) is 17.3. The van der Waals surface area contributed by atoms with Crippen molar-refractivity contribution in [1.29, 1.82) is 0 Å². The molecule has 6 heteroatoms. The first-order valence-corrected chi connectivity index (χ1v) is 11.7. The van der Waals surface area contributed by atoms with Crippen LogP contribution in [0.5, 0.6) is 0 Å². The highest BCUT2D eigenvalue weighted by molar-refractivity contribution is 8.19. The van der Waals surface area contributed by atoms with E-state index >= 15 is 0 Å². The Hall–Kier alpha value is -1.11. The third kappa shape index (κ3) is 3.57. The maximum atomic E-state index is 12.9. The standard InChI is InChI=1S/C19H22N2OS3/c1-2-16-15-7-9-23-17(15)6-8-21(16)19(22)20-14-5-3-4-13(12-14)18-24-10-11-25-18/h3-5,7,9,12,16,18H,2,6,8,10-11H2,1H3,(H,20,22). The zero-order valence-corrected chi connectivity index (χ0v) is 16.7. The number of nitrogens with one attached hydrogen (secondary N) is 1. The zero-order chi connectivity index (χ0) is 17.2. The van der Waals surface area contributed by atoms with E-state index in [9.17, 15) is 4.79 Å². The topological polar surface area (TPSA) is 32.3 Å². The summed E-state index contributed by atoms with van der Waals surface area (Å²) in [6.45, 7) is 2.96. The van der Waals surface area contributed by atoms with Crippen LogP contribution in [0, 0.1) is 0 Å². The second-order valence-corrected chi connectivity index (χ2v) is 10.0. The highest BCUT2D eigenvalue weighted by atomic mass is 32.2. The summed E-state index contributed by atoms with van der Waals surface area (Å²) in [5.41, 5.74) is 3.54. The number of benzene rings is 1. The number of fused-ring (bicyclic) bond motifs is 1. The highest BCUT2D eigenvalue weighted by Gasteiger charge is 2.30. The monoisotopic (exact) mass is 390 g/mol. The molecule has 0 radical (unpaired) electrons. The van der Waals surface area contributed by atoms with Crippen LogP contribution in [0.1, 0.15) is 40.0 Å². The molecule has 3 nitrogen and oxygen atoms in total. The van der Waals surface area contributed by atoms with Gasteiger partial charge in [-0.2, -0.15) is 0 Å². The number of hydrogen-bond donors (Lipinski definition) is 1. The summed E-state index contributed by atoms with van der Waals surface area (Å²) in [6, 6.07) is 10.7. The molecule has 1 fully saturated rings. The fourth-order valence-corrected chi connectivity index (χ4v) is 7.36. The van der Waals surface area contributed by atoms with Crippen molar-refractivity contribution in [3.8, 4) is 0 Å². The van der Waals surface area contributed by atoms with Crippen molar-refractivity contribution in [2.24, 2.45) is 0 Å². The summed E-state index contributed by atoms with van der Waals surface area (Å²) in [6.07, 6.45) is 1.92. The van der Waals surface area contributed by atoms with Crippen LogP contribution in [0.4, 0.5) is 10.5 Å². The van der Waals surface area contributed by atoms with E-state index in [0.29, 0.717) is 4.58 Å². The number of rotatable bonds is 3. The third-order valence-electron chi connectivity index (χ3n) is 4.77. The quantitative estimate of drug-likeness (QED) is 0.722. The number of thioether (sulfide) groups is 2. The molecular weight excluding hydrogens is 368 g/mol. The van der Waals surface area contributed by atoms with Gasteiger partial charge in [-0.15, -0.1) is 34.9 Å². The molecule has 0 bridgehead atoms. The third-order valence-corrected chi connectivity index (χ3v) is 8.88. The molecule has 1 aromatic heterocycles. The lowest BCUT2D eigenvalue weighted by atomic mass is 9.98. The minimum absolute atomic E-state index is 0.0209. The number of amides is 2. The fourth-order valence-electron chi connectivity index (χ4n) is 3.59. The van der Waals surface area contributed by atoms with E-state index in [-0.39, 0.29) is 12.1 Å². The Morgan fingerprint density at radius 1 is 1.28 bits per heavy atom. The van der Waals surface area contributed by atoms with Gasteiger partial charge in [0.2, 0.25) is 0 Å². The second kappa shape index (κ2) is 7.64. The number of carbonyl (C=O) groups excluding carboxylic acids is 1. The maximum absolute atomic E-state index is 12.9. The van der Waals surface area contributed by atoms with Gasteiger partial charge in [0.15, 0.2) is 0 Å². The fraction of sp³-hybridized carbons (Fsp3) is 0.421. The molecule has 1 atom stereocenters. The summed E-state index contributed by atoms with van der Waals surface area (Å²) >= 11 is 5.79. The van der Waals surface area contributed by atoms with Crippen molar-refractivity contribution >= 4 is 46.6 Å². The van der Waals surface area contributed by atoms with Gasteiger partial charge < -0.3 is 10.2 Å². The van der Waals surface area contributed by atoms with Gasteiger partial charge in [-0.25, -0.2) is 4.79 Å². The molecule has 2 aliphatic rings. The molecule has 2 aliphatic heterocycles. The van der Waals surface area contributed by atoms with Crippen molar-refractivity contribution < 1.29 is 4.79 Å². The summed E-state index contributed by atoms with van der Waals surface area (Å²) in [5.74, 6) is 2.42. The average molecular weight is 391 g/mol. The molecule has 4 rings (SSSR count). The van der Waals surface area contributed by atoms with E-state index in [2.05, 4.69) is 41.9 Å². The molecule has 2 aromatic rings. The van der Waals surface area contributed by atoms with E-state index in [0.717, 1.165) is 25.1 Å². The second-order valence-electron chi connectivity index (χ2n) is 6.30. The molecule has 3 heterocycles. The smallest absolute Gasteiger partial charge is 0.317 e. The van der Waals surface area contributed by atoms with Gasteiger partial charge in [0.1, 0.15) is 0 Å². The lowest BCUT2D eigenvalue weighted by Crippen LogP contribution is -2.41. The average Bonchev–Trinajstić information content (AvgIpc) is 3.32. The van der Waals surface area contributed by atoms with E-state index in [1.165, 1.54) is 27.5 Å². The lowest BCUT2D eigenvalue weighted by molar-refractivity contribution is 0.181. The number of thiophene rings is 1. The van der Waals surface area contributed by atoms with Crippen LogP contribution in [0.2, 0.25) is 0 Å². The largest absolute Gasteiger partial charge is 0.322 e. The Labute approximate surface area is 161 Å². The number of nitrogens with zero attached hydrogens (tertiary/aromatic N) is 1. The molecule has 1 unspecified atom stereocenters. The zero-order valence-electron chi connectivity index (χ0n) is 14.2. The van der Waals surface area contributed by atoms with E-state index in [4.69, 9.17) is 0 Å². The van der Waals surface area contributed by atoms with Crippen LogP contribution in [-0.4, -0.2) is 29.0 Å². The van der Waals surface area contributed by atoms with Crippen molar-refractivity contribution in [3.05, 3.63) is 51.7 Å². The van der Waals surface area contributed by atoms with Gasteiger partial charge in [-0.1, -0.05) is 19.1 Å². The summed E-state index contributed by atoms with van der Waals surface area (Å²) in [4.78, 5) is 16.3. The Morgan fingerprint density at radius 2 is 2.12 bits per heavy atom. The number of urea groups is 1. The van der Waals surface area contributed by atoms with Crippen LogP contribution >= 0.6 is 34.9 Å². The van der Waals surface area contributed by atoms with E-state index in [1.807, 2.05) is 45.8 Å². The van der Waals surface area contributed by atoms with Gasteiger partial charge in [-0.05, 0) is 47.5 Å². The van der Waals surface area contributed by atoms with Crippen LogP contribution < -0.4 is 5.32 Å². The molecule has 2 amide bonds. The number of hydrogen-bond acceptors (Lipinski definition) is 4. The first-order valence-electron chi connectivity index (χ1n) is 8.73. The molecule has 1 N–H and O–H groups in total. The van der Waals surface area contributed by atoms with E-state index in [1.54, 1.807) is 0 Å². The van der Waals surface area contributed by atoms with Gasteiger partial charge in [0.05, 0.1) is 10.6 Å². The SMILES string of the molecule is CCC1c2ccsc2CCN1C(=O)Nc1cccc(C2SCCS2)c1. The maximum Gasteiger partial charge on any atom is 0.322 e. The Bertz CT molecular complexity index is 755. The Kier molecular flexibility index (Phi) is 5.29. The predicted octanol–water partition coefficient (Wildman–Crippen LogP) is 5.77. The first-order chi connectivity index (χ1) is 12.3. The van der Waals surface area contributed by atoms with Crippen molar-refractivity contribution in [2.75, 3.05) is 23.4 Å². The lowest BCUT2D eigenvalue weighted by Gasteiger charge is -2.35. The minimum Gasteiger partial charge on any atom is -0.317 e. The Morgan fingerprint density at radius 3 is 2.92 bits per heavy atom. The van der Waals surface area contributed by atoms with Crippen molar-refractivity contribution in [2.45, 2.75) is 30.4 Å². The Balaban J connectivity index is 1.49. The van der Waals surface area contributed by atoms with Crippen LogP contribution in [-0.2, 0) is 6.42 Å². The van der Waals surface area contributed by atoms with Crippen molar-refractivity contribution in [1.82, 2.24) is 4.90 Å². The molecule has 0 spiro atoms. The van der Waals surface area contributed by atoms with Gasteiger partial charge in [0.25, 0.3) is 0 Å². The summed E-state index contributed by atoms with van der Waals surface area (Å²) < 4.78 is 0.503. The summed E-state index contributed by atoms with van der Waals surface area (Å²) in [5, 5.41) is 5.28. The van der Waals surface area contributed by atoms with Crippen LogP contribution in [0.15, 0.2) is 35.7 Å². The molecule has 1 aromatic carbocycles. The minimum atomic E-state index is 0.0209. The number of anilines is 1.